The van der Waals surface area contributed by atoms with Gasteiger partial charge in [-0.3, -0.25) is 9.59 Å². The third-order valence-electron chi connectivity index (χ3n) is 9.96. The predicted octanol–water partition coefficient (Wildman–Crippen LogP) is 0.894. The van der Waals surface area contributed by atoms with E-state index in [1.165, 1.54) is 18.3 Å². The molecule has 1 saturated heterocycles. The number of esters is 1. The van der Waals surface area contributed by atoms with E-state index in [-0.39, 0.29) is 29.1 Å². The van der Waals surface area contributed by atoms with Gasteiger partial charge in [0.2, 0.25) is 5.91 Å². The van der Waals surface area contributed by atoms with E-state index in [0.717, 1.165) is 15.8 Å². The van der Waals surface area contributed by atoms with Crippen LogP contribution in [-0.2, 0) is 26.3 Å². The van der Waals surface area contributed by atoms with E-state index in [1.54, 1.807) is 42.5 Å². The Balaban J connectivity index is 0.849. The second kappa shape index (κ2) is 15.5. The number of aliphatic hydroxyl groups is 3. The lowest BCUT2D eigenvalue weighted by molar-refractivity contribution is -0.145. The highest BCUT2D eigenvalue weighted by Gasteiger charge is 2.52. The summed E-state index contributed by atoms with van der Waals surface area (Å²) in [6.45, 7) is 1.13. The molecule has 1 spiro atoms. The number of aliphatic hydroxyl groups excluding tert-OH is 3. The molecule has 1 aliphatic carbocycles. The summed E-state index contributed by atoms with van der Waals surface area (Å²) < 4.78 is 11.8. The molecular formula is C38H40N6O11. The van der Waals surface area contributed by atoms with Crippen LogP contribution in [0.3, 0.4) is 0 Å². The lowest BCUT2D eigenvalue weighted by Crippen LogP contribution is -2.37. The van der Waals surface area contributed by atoms with Crippen molar-refractivity contribution in [3.8, 4) is 11.5 Å². The summed E-state index contributed by atoms with van der Waals surface area (Å²) in [6.07, 6.45) is -1.73. The number of aromatic nitrogens is 3. The zero-order valence-electron chi connectivity index (χ0n) is 29.5. The fraction of sp³-hybridized carbons (Fsp3) is 0.368. The molecule has 288 valence electrons. The summed E-state index contributed by atoms with van der Waals surface area (Å²) in [5.41, 5.74) is 1.77. The van der Waals surface area contributed by atoms with Gasteiger partial charge in [-0.2, -0.15) is 14.8 Å². The molecular weight excluding hydrogens is 716 g/mol. The maximum absolute atomic E-state index is 13.3. The number of carbonyl (C=O) groups is 3. The fourth-order valence-electron chi connectivity index (χ4n) is 7.26. The molecule has 1 aromatic heterocycles. The lowest BCUT2D eigenvalue weighted by Gasteiger charge is -2.37. The van der Waals surface area contributed by atoms with Crippen LogP contribution >= 0.6 is 0 Å². The van der Waals surface area contributed by atoms with Gasteiger partial charge in [0.15, 0.2) is 23.9 Å². The Morgan fingerprint density at radius 1 is 0.818 bits per heavy atom. The van der Waals surface area contributed by atoms with Gasteiger partial charge in [0.1, 0.15) is 23.7 Å². The number of unbranched alkanes of at least 4 members (excludes halogenated alkanes) is 2. The van der Waals surface area contributed by atoms with E-state index in [1.807, 2.05) is 0 Å². The molecule has 2 aliphatic heterocycles. The molecule has 8 N–H and O–H groups in total. The highest BCUT2D eigenvalue weighted by molar-refractivity contribution is 6.00. The molecule has 0 radical (unpaired) electrons. The van der Waals surface area contributed by atoms with Gasteiger partial charge < -0.3 is 51.0 Å². The van der Waals surface area contributed by atoms with Crippen molar-refractivity contribution in [3.63, 3.8) is 0 Å². The predicted molar refractivity (Wildman–Crippen MR) is 192 cm³/mol. The summed E-state index contributed by atoms with van der Waals surface area (Å²) in [5.74, 6) is -0.705. The fourth-order valence-corrected chi connectivity index (χ4v) is 7.26. The highest BCUT2D eigenvalue weighted by atomic mass is 16.7. The molecule has 0 saturated carbocycles. The van der Waals surface area contributed by atoms with E-state index in [4.69, 9.17) is 9.47 Å². The van der Waals surface area contributed by atoms with Crippen LogP contribution in [-0.4, -0.2) is 96.2 Å². The SMILES string of the molecule is O=C(CCCCCNC(=O)c1ccc2c(c1)C1(OC2=O)c2ccc(O)cc2Cc2cc(O)ccc21)NCCCNc1cnn(C2OC(O)C(O)C2O)c(=O)n1. The Morgan fingerprint density at radius 2 is 1.53 bits per heavy atom. The molecule has 0 bridgehead atoms. The molecule has 2 amide bonds. The molecule has 4 atom stereocenters. The first kappa shape index (κ1) is 37.4. The smallest absolute Gasteiger partial charge is 0.368 e. The molecule has 3 heterocycles. The molecule has 55 heavy (non-hydrogen) atoms. The maximum atomic E-state index is 13.3. The molecule has 17 nitrogen and oxygen atoms in total. The number of amides is 2. The summed E-state index contributed by atoms with van der Waals surface area (Å²) >= 11 is 0. The van der Waals surface area contributed by atoms with Gasteiger partial charge in [-0.25, -0.2) is 9.59 Å². The second-order valence-electron chi connectivity index (χ2n) is 13.7. The van der Waals surface area contributed by atoms with Crippen LogP contribution in [0.5, 0.6) is 11.5 Å². The first-order valence-corrected chi connectivity index (χ1v) is 17.9. The Morgan fingerprint density at radius 3 is 2.20 bits per heavy atom. The minimum absolute atomic E-state index is 0.0579. The first-order valence-electron chi connectivity index (χ1n) is 17.9. The summed E-state index contributed by atoms with van der Waals surface area (Å²) in [7, 11) is 0. The first-order chi connectivity index (χ1) is 26.5. The number of phenols is 2. The molecule has 7 rings (SSSR count). The van der Waals surface area contributed by atoms with Crippen LogP contribution in [0.25, 0.3) is 0 Å². The topological polar surface area (TPSA) is 255 Å². The largest absolute Gasteiger partial charge is 0.508 e. The van der Waals surface area contributed by atoms with Crippen molar-refractivity contribution in [2.45, 2.75) is 68.9 Å². The van der Waals surface area contributed by atoms with Crippen LogP contribution in [0.15, 0.2) is 65.6 Å². The Bertz CT molecular complexity index is 2140. The van der Waals surface area contributed by atoms with Gasteiger partial charge >= 0.3 is 11.7 Å². The number of anilines is 1. The molecule has 4 aromatic rings. The number of hydrogen-bond acceptors (Lipinski definition) is 14. The third kappa shape index (κ3) is 7.34. The van der Waals surface area contributed by atoms with E-state index in [9.17, 15) is 44.7 Å². The van der Waals surface area contributed by atoms with E-state index in [2.05, 4.69) is 26.0 Å². The average Bonchev–Trinajstić information content (AvgIpc) is 3.59. The van der Waals surface area contributed by atoms with Crippen molar-refractivity contribution in [2.24, 2.45) is 0 Å². The molecule has 3 aliphatic rings. The molecule has 17 heteroatoms. The number of benzene rings is 3. The Labute approximate surface area is 313 Å². The van der Waals surface area contributed by atoms with E-state index in [0.29, 0.717) is 86.0 Å². The quantitative estimate of drug-likeness (QED) is 0.0697. The number of nitrogens with one attached hydrogen (secondary N) is 3. The van der Waals surface area contributed by atoms with Gasteiger partial charge in [-0.1, -0.05) is 18.6 Å². The Kier molecular flexibility index (Phi) is 10.5. The number of carbonyl (C=O) groups excluding carboxylic acids is 3. The zero-order chi connectivity index (χ0) is 38.9. The van der Waals surface area contributed by atoms with Gasteiger partial charge in [-0.05, 0) is 79.3 Å². The van der Waals surface area contributed by atoms with Crippen molar-refractivity contribution in [3.05, 3.63) is 110 Å². The minimum atomic E-state index is -1.66. The van der Waals surface area contributed by atoms with Gasteiger partial charge in [0.05, 0.1) is 11.8 Å². The lowest BCUT2D eigenvalue weighted by atomic mass is 9.71. The number of aromatic hydroxyl groups is 2. The third-order valence-corrected chi connectivity index (χ3v) is 9.96. The van der Waals surface area contributed by atoms with Crippen LogP contribution in [0.2, 0.25) is 0 Å². The molecule has 1 fully saturated rings. The Hall–Kier alpha value is -5.88. The van der Waals surface area contributed by atoms with Crippen molar-refractivity contribution >= 4 is 23.6 Å². The summed E-state index contributed by atoms with van der Waals surface area (Å²) in [4.78, 5) is 54.9. The normalized spacial score (nSPS) is 20.3. The number of fused-ring (bicyclic) bond motifs is 6. The second-order valence-corrected chi connectivity index (χ2v) is 13.7. The van der Waals surface area contributed by atoms with Crippen molar-refractivity contribution in [2.75, 3.05) is 25.0 Å². The number of phenolic OH excluding ortho intramolecular Hbond substituents is 2. The van der Waals surface area contributed by atoms with Crippen LogP contribution in [0, 0.1) is 0 Å². The number of rotatable bonds is 13. The van der Waals surface area contributed by atoms with Crippen molar-refractivity contribution < 1.29 is 49.4 Å². The van der Waals surface area contributed by atoms with Crippen molar-refractivity contribution in [1.29, 1.82) is 0 Å². The standard InChI is InChI=1S/C38H40N6O11/c45-23-7-10-26-21(16-23)15-22-17-24(46)8-11-27(22)38(26)28-18-20(6-9-25(28)35(51)55-38)33(50)41-12-3-1-2-5-30(47)40-14-4-13-39-29-19-42-44(37(53)43-29)34-31(48)32(49)36(52)54-34/h6-11,16-19,31-32,34,36,45-46,48-49,52H,1-5,12-15H2,(H,40,47)(H,41,50)(H,39,43,53). The van der Waals surface area contributed by atoms with Gasteiger partial charge in [0, 0.05) is 48.3 Å². The van der Waals surface area contributed by atoms with Crippen LogP contribution < -0.4 is 21.6 Å². The number of ether oxygens (including phenoxy) is 2. The minimum Gasteiger partial charge on any atom is -0.508 e. The van der Waals surface area contributed by atoms with Gasteiger partial charge in [0.25, 0.3) is 5.91 Å². The highest BCUT2D eigenvalue weighted by Crippen LogP contribution is 2.53. The maximum Gasteiger partial charge on any atom is 0.368 e. The monoisotopic (exact) mass is 756 g/mol. The molecule has 3 aromatic carbocycles. The number of nitrogens with zero attached hydrogens (tertiary/aromatic N) is 3. The zero-order valence-corrected chi connectivity index (χ0v) is 29.5. The average molecular weight is 757 g/mol. The van der Waals surface area contributed by atoms with E-state index >= 15 is 0 Å². The van der Waals surface area contributed by atoms with Crippen LogP contribution in [0.1, 0.15) is 86.9 Å². The number of hydrogen-bond donors (Lipinski definition) is 8. The summed E-state index contributed by atoms with van der Waals surface area (Å²) in [6, 6.07) is 14.6. The van der Waals surface area contributed by atoms with Crippen molar-refractivity contribution in [1.82, 2.24) is 25.4 Å². The summed E-state index contributed by atoms with van der Waals surface area (Å²) in [5, 5.41) is 62.1. The molecule has 4 unspecified atom stereocenters. The van der Waals surface area contributed by atoms with Crippen LogP contribution in [0.4, 0.5) is 5.82 Å². The van der Waals surface area contributed by atoms with Gasteiger partial charge in [-0.15, -0.1) is 0 Å². The van der Waals surface area contributed by atoms with E-state index < -0.39 is 42.0 Å².